The molecule has 0 aromatic rings. The molecular formula is C15H32NO4P. The van der Waals surface area contributed by atoms with Gasteiger partial charge >= 0.3 is 7.60 Å². The second kappa shape index (κ2) is 14.3. The molecular weight excluding hydrogens is 289 g/mol. The van der Waals surface area contributed by atoms with Crippen molar-refractivity contribution in [1.82, 2.24) is 4.90 Å². The summed E-state index contributed by atoms with van der Waals surface area (Å²) in [7, 11) is -3.08. The van der Waals surface area contributed by atoms with E-state index in [9.17, 15) is 9.36 Å². The van der Waals surface area contributed by atoms with Crippen molar-refractivity contribution in [3.63, 3.8) is 0 Å². The molecule has 0 fully saturated rings. The Labute approximate surface area is 130 Å². The summed E-state index contributed by atoms with van der Waals surface area (Å²) in [6, 6.07) is 0. The minimum absolute atomic E-state index is 0.145. The van der Waals surface area contributed by atoms with Crippen molar-refractivity contribution in [2.75, 3.05) is 32.5 Å². The van der Waals surface area contributed by atoms with Gasteiger partial charge in [-0.2, -0.15) is 0 Å². The third kappa shape index (κ3) is 10.7. The lowest BCUT2D eigenvalue weighted by Crippen LogP contribution is -2.33. The summed E-state index contributed by atoms with van der Waals surface area (Å²) in [5.74, 6) is -0.145. The summed E-state index contributed by atoms with van der Waals surface area (Å²) in [4.78, 5) is 13.3. The van der Waals surface area contributed by atoms with Gasteiger partial charge in [0, 0.05) is 13.1 Å². The molecule has 126 valence electrons. The lowest BCUT2D eigenvalue weighted by Gasteiger charge is -2.24. The monoisotopic (exact) mass is 321 g/mol. The quantitative estimate of drug-likeness (QED) is 0.425. The van der Waals surface area contributed by atoms with Crippen LogP contribution in [0.15, 0.2) is 12.7 Å². The largest absolute Gasteiger partial charge is 0.339 e. The third-order valence-corrected chi connectivity index (χ3v) is 4.61. The van der Waals surface area contributed by atoms with Crippen molar-refractivity contribution in [3.05, 3.63) is 12.7 Å². The fourth-order valence-corrected chi connectivity index (χ4v) is 3.22. The topological polar surface area (TPSA) is 55.8 Å². The summed E-state index contributed by atoms with van der Waals surface area (Å²) in [5.41, 5.74) is 0. The van der Waals surface area contributed by atoms with E-state index >= 15 is 0 Å². The average Bonchev–Trinajstić information content (AvgIpc) is 2.49. The normalized spacial score (nSPS) is 10.5. The van der Waals surface area contributed by atoms with Crippen LogP contribution in [0.2, 0.25) is 0 Å². The highest BCUT2D eigenvalue weighted by molar-refractivity contribution is 7.53. The molecule has 0 bridgehead atoms. The number of unbranched alkanes of at least 4 members (excludes halogenated alkanes) is 1. The van der Waals surface area contributed by atoms with Crippen molar-refractivity contribution in [2.24, 2.45) is 0 Å². The maximum absolute atomic E-state index is 12.3. The van der Waals surface area contributed by atoms with Gasteiger partial charge in [-0.15, -0.1) is 0 Å². The predicted octanol–water partition coefficient (Wildman–Crippen LogP) is 4.09. The highest BCUT2D eigenvalue weighted by Gasteiger charge is 2.25. The van der Waals surface area contributed by atoms with E-state index in [1.165, 1.54) is 6.08 Å². The van der Waals surface area contributed by atoms with Crippen LogP contribution in [0.3, 0.4) is 0 Å². The molecule has 6 heteroatoms. The molecule has 0 radical (unpaired) electrons. The van der Waals surface area contributed by atoms with Gasteiger partial charge in [0.2, 0.25) is 5.91 Å². The maximum Gasteiger partial charge on any atom is 0.332 e. The van der Waals surface area contributed by atoms with Crippen molar-refractivity contribution >= 4 is 13.5 Å². The van der Waals surface area contributed by atoms with Crippen molar-refractivity contribution in [3.8, 4) is 0 Å². The Morgan fingerprint density at radius 1 is 1.14 bits per heavy atom. The van der Waals surface area contributed by atoms with Gasteiger partial charge in [0.15, 0.2) is 0 Å². The number of carbonyl (C=O) groups is 1. The molecule has 5 nitrogen and oxygen atoms in total. The minimum atomic E-state index is -3.08. The molecule has 0 aliphatic carbocycles. The standard InChI is InChI=1S/C13H26NO4P.C2H6/c1-5-9-10-14(13(15)6-2)11-12-19(16,17-7-3)18-8-4;1-2/h6H,2,5,7-12H2,1,3-4H3;1-2H3. The number of nitrogens with zero attached hydrogens (tertiary/aromatic N) is 1. The number of rotatable bonds is 11. The van der Waals surface area contributed by atoms with Crippen LogP contribution in [0.5, 0.6) is 0 Å². The van der Waals surface area contributed by atoms with Crippen LogP contribution in [0.1, 0.15) is 47.5 Å². The van der Waals surface area contributed by atoms with Gasteiger partial charge in [-0.05, 0) is 26.3 Å². The Bertz CT molecular complexity index is 311. The smallest absolute Gasteiger partial charge is 0.332 e. The van der Waals surface area contributed by atoms with E-state index in [-0.39, 0.29) is 12.1 Å². The average molecular weight is 321 g/mol. The van der Waals surface area contributed by atoms with Crippen LogP contribution in [0, 0.1) is 0 Å². The van der Waals surface area contributed by atoms with Crippen molar-refractivity contribution in [2.45, 2.75) is 47.5 Å². The molecule has 0 N–H and O–H groups in total. The van der Waals surface area contributed by atoms with Gasteiger partial charge in [0.25, 0.3) is 0 Å². The molecule has 0 unspecified atom stereocenters. The van der Waals surface area contributed by atoms with Gasteiger partial charge in [-0.3, -0.25) is 9.36 Å². The predicted molar refractivity (Wildman–Crippen MR) is 88.8 cm³/mol. The maximum atomic E-state index is 12.3. The zero-order valence-corrected chi connectivity index (χ0v) is 15.2. The Kier molecular flexibility index (Phi) is 15.4. The molecule has 0 aromatic heterocycles. The van der Waals surface area contributed by atoms with E-state index in [2.05, 4.69) is 13.5 Å². The first-order chi connectivity index (χ1) is 10.0. The van der Waals surface area contributed by atoms with Gasteiger partial charge in [0.1, 0.15) is 0 Å². The van der Waals surface area contributed by atoms with E-state index in [4.69, 9.17) is 9.05 Å². The highest BCUT2D eigenvalue weighted by Crippen LogP contribution is 2.47. The second-order valence-electron chi connectivity index (χ2n) is 4.05. The first kappa shape index (κ1) is 22.6. The highest BCUT2D eigenvalue weighted by atomic mass is 31.2. The Morgan fingerprint density at radius 3 is 2.05 bits per heavy atom. The Hall–Kier alpha value is -0.640. The minimum Gasteiger partial charge on any atom is -0.339 e. The number of hydrogen-bond acceptors (Lipinski definition) is 4. The molecule has 0 saturated heterocycles. The van der Waals surface area contributed by atoms with Gasteiger partial charge in [0.05, 0.1) is 19.4 Å². The van der Waals surface area contributed by atoms with E-state index < -0.39 is 7.60 Å². The van der Waals surface area contributed by atoms with Crippen LogP contribution < -0.4 is 0 Å². The van der Waals surface area contributed by atoms with Crippen molar-refractivity contribution < 1.29 is 18.4 Å². The fraction of sp³-hybridized carbons (Fsp3) is 0.800. The van der Waals surface area contributed by atoms with Crippen LogP contribution >= 0.6 is 7.60 Å². The molecule has 0 aliphatic heterocycles. The Balaban J connectivity index is 0. The number of hydrogen-bond donors (Lipinski definition) is 0. The summed E-state index contributed by atoms with van der Waals surface area (Å²) in [6.07, 6.45) is 3.41. The summed E-state index contributed by atoms with van der Waals surface area (Å²) < 4.78 is 22.7. The first-order valence-corrected chi connectivity index (χ1v) is 9.55. The molecule has 0 rings (SSSR count). The number of amides is 1. The van der Waals surface area contributed by atoms with E-state index in [1.807, 2.05) is 13.8 Å². The molecule has 0 aromatic carbocycles. The molecule has 0 saturated carbocycles. The lowest BCUT2D eigenvalue weighted by atomic mass is 10.3. The van der Waals surface area contributed by atoms with Gasteiger partial charge in [-0.1, -0.05) is 33.8 Å². The van der Waals surface area contributed by atoms with E-state index in [0.717, 1.165) is 12.8 Å². The summed E-state index contributed by atoms with van der Waals surface area (Å²) in [6.45, 7) is 14.8. The molecule has 0 heterocycles. The van der Waals surface area contributed by atoms with Gasteiger partial charge < -0.3 is 13.9 Å². The summed E-state index contributed by atoms with van der Waals surface area (Å²) >= 11 is 0. The van der Waals surface area contributed by atoms with E-state index in [1.54, 1.807) is 18.7 Å². The number of carbonyl (C=O) groups excluding carboxylic acids is 1. The van der Waals surface area contributed by atoms with Crippen molar-refractivity contribution in [1.29, 1.82) is 0 Å². The second-order valence-corrected chi connectivity index (χ2v) is 6.24. The zero-order chi connectivity index (χ0) is 16.7. The third-order valence-electron chi connectivity index (χ3n) is 2.56. The fourth-order valence-electron chi connectivity index (χ4n) is 1.61. The van der Waals surface area contributed by atoms with Crippen LogP contribution in [-0.2, 0) is 18.4 Å². The lowest BCUT2D eigenvalue weighted by molar-refractivity contribution is -0.125. The van der Waals surface area contributed by atoms with Crippen LogP contribution in [0.25, 0.3) is 0 Å². The summed E-state index contributed by atoms with van der Waals surface area (Å²) in [5, 5.41) is 0. The SMILES string of the molecule is C=CC(=O)N(CCCC)CCP(=O)(OCC)OCC.CC. The molecule has 21 heavy (non-hydrogen) atoms. The van der Waals surface area contributed by atoms with Crippen LogP contribution in [-0.4, -0.2) is 43.3 Å². The molecule has 0 atom stereocenters. The molecule has 0 aliphatic rings. The van der Waals surface area contributed by atoms with E-state index in [0.29, 0.717) is 26.3 Å². The molecule has 0 spiro atoms. The Morgan fingerprint density at radius 2 is 1.67 bits per heavy atom. The van der Waals surface area contributed by atoms with Crippen LogP contribution in [0.4, 0.5) is 0 Å². The van der Waals surface area contributed by atoms with Gasteiger partial charge in [-0.25, -0.2) is 0 Å². The first-order valence-electron chi connectivity index (χ1n) is 7.82. The zero-order valence-electron chi connectivity index (χ0n) is 14.3. The molecule has 1 amide bonds.